The second kappa shape index (κ2) is 8.04. The first-order valence-corrected chi connectivity index (χ1v) is 10.8. The second-order valence-corrected chi connectivity index (χ2v) is 9.12. The Balaban J connectivity index is 1.60. The SMILES string of the molecule is CS(=O)(=O)N(CC(=O)O)CC1CN(Cc2ccc3c(c2)CCC3)CCO1. The van der Waals surface area contributed by atoms with Crippen LogP contribution >= 0.6 is 0 Å². The zero-order valence-corrected chi connectivity index (χ0v) is 15.9. The van der Waals surface area contributed by atoms with Crippen molar-refractivity contribution in [1.29, 1.82) is 0 Å². The van der Waals surface area contributed by atoms with Gasteiger partial charge in [0.1, 0.15) is 6.54 Å². The van der Waals surface area contributed by atoms with Crippen molar-refractivity contribution in [3.63, 3.8) is 0 Å². The van der Waals surface area contributed by atoms with Gasteiger partial charge in [0, 0.05) is 26.2 Å². The van der Waals surface area contributed by atoms with Crippen molar-refractivity contribution in [3.8, 4) is 0 Å². The molecule has 144 valence electrons. The average molecular weight is 382 g/mol. The zero-order valence-electron chi connectivity index (χ0n) is 15.1. The smallest absolute Gasteiger partial charge is 0.318 e. The van der Waals surface area contributed by atoms with E-state index in [1.165, 1.54) is 29.5 Å². The second-order valence-electron chi connectivity index (χ2n) is 7.13. The molecule has 8 heteroatoms. The lowest BCUT2D eigenvalue weighted by molar-refractivity contribution is -0.137. The summed E-state index contributed by atoms with van der Waals surface area (Å²) in [5.41, 5.74) is 4.15. The van der Waals surface area contributed by atoms with E-state index in [9.17, 15) is 13.2 Å². The molecule has 1 saturated heterocycles. The summed E-state index contributed by atoms with van der Waals surface area (Å²) in [5, 5.41) is 8.94. The number of nitrogens with zero attached hydrogens (tertiary/aromatic N) is 2. The molecule has 3 rings (SSSR count). The lowest BCUT2D eigenvalue weighted by Gasteiger charge is -2.35. The summed E-state index contributed by atoms with van der Waals surface area (Å²) in [6.45, 7) is 2.20. The van der Waals surface area contributed by atoms with E-state index in [1.54, 1.807) is 0 Å². The first-order valence-electron chi connectivity index (χ1n) is 8.93. The molecule has 1 atom stereocenters. The molecule has 0 amide bonds. The number of carboxylic acid groups (broad SMARTS) is 1. The third-order valence-corrected chi connectivity index (χ3v) is 6.20. The molecule has 7 nitrogen and oxygen atoms in total. The predicted molar refractivity (Wildman–Crippen MR) is 97.5 cm³/mol. The van der Waals surface area contributed by atoms with Crippen LogP contribution in [-0.4, -0.2) is 73.8 Å². The minimum Gasteiger partial charge on any atom is -0.480 e. The normalized spacial score (nSPS) is 21.1. The average Bonchev–Trinajstić information content (AvgIpc) is 3.01. The molecule has 0 spiro atoms. The number of hydrogen-bond donors (Lipinski definition) is 1. The molecule has 26 heavy (non-hydrogen) atoms. The van der Waals surface area contributed by atoms with Crippen LogP contribution in [0.4, 0.5) is 0 Å². The van der Waals surface area contributed by atoms with Crippen molar-refractivity contribution >= 4 is 16.0 Å². The fourth-order valence-electron chi connectivity index (χ4n) is 3.71. The van der Waals surface area contributed by atoms with E-state index in [-0.39, 0.29) is 12.6 Å². The molecule has 1 unspecified atom stereocenters. The Hall–Kier alpha value is -1.48. The highest BCUT2D eigenvalue weighted by atomic mass is 32.2. The van der Waals surface area contributed by atoms with Crippen molar-refractivity contribution < 1.29 is 23.1 Å². The van der Waals surface area contributed by atoms with Gasteiger partial charge in [-0.2, -0.15) is 4.31 Å². The molecule has 1 aromatic rings. The van der Waals surface area contributed by atoms with E-state index in [4.69, 9.17) is 9.84 Å². The maximum Gasteiger partial charge on any atom is 0.318 e. The minimum absolute atomic E-state index is 0.0613. The van der Waals surface area contributed by atoms with Gasteiger partial charge in [-0.1, -0.05) is 18.2 Å². The third kappa shape index (κ3) is 5.03. The van der Waals surface area contributed by atoms with Crippen molar-refractivity contribution in [2.75, 3.05) is 39.0 Å². The van der Waals surface area contributed by atoms with Gasteiger partial charge < -0.3 is 9.84 Å². The quantitative estimate of drug-likeness (QED) is 0.748. The molecule has 0 bridgehead atoms. The van der Waals surface area contributed by atoms with Crippen molar-refractivity contribution in [2.24, 2.45) is 0 Å². The number of carbonyl (C=O) groups is 1. The van der Waals surface area contributed by atoms with Crippen LogP contribution in [0.15, 0.2) is 18.2 Å². The Morgan fingerprint density at radius 1 is 1.35 bits per heavy atom. The summed E-state index contributed by atoms with van der Waals surface area (Å²) in [7, 11) is -3.59. The predicted octanol–water partition coefficient (Wildman–Crippen LogP) is 0.722. The first kappa shape index (κ1) is 19.3. The molecular formula is C18H26N2O5S. The third-order valence-electron chi connectivity index (χ3n) is 4.98. The number of carboxylic acids is 1. The minimum atomic E-state index is -3.59. The number of ether oxygens (including phenoxy) is 1. The summed E-state index contributed by atoms with van der Waals surface area (Å²) in [5.74, 6) is -1.17. The summed E-state index contributed by atoms with van der Waals surface area (Å²) >= 11 is 0. The molecule has 1 fully saturated rings. The zero-order chi connectivity index (χ0) is 18.7. The van der Waals surface area contributed by atoms with Crippen molar-refractivity contribution in [3.05, 3.63) is 34.9 Å². The van der Waals surface area contributed by atoms with Crippen LogP contribution in [0.1, 0.15) is 23.1 Å². The monoisotopic (exact) mass is 382 g/mol. The van der Waals surface area contributed by atoms with Crippen LogP contribution in [0.25, 0.3) is 0 Å². The fourth-order valence-corrected chi connectivity index (χ4v) is 4.49. The molecular weight excluding hydrogens is 356 g/mol. The maximum absolute atomic E-state index is 11.8. The Bertz CT molecular complexity index is 765. The van der Waals surface area contributed by atoms with Gasteiger partial charge in [-0.3, -0.25) is 9.69 Å². The van der Waals surface area contributed by atoms with E-state index in [2.05, 4.69) is 23.1 Å². The number of benzene rings is 1. The highest BCUT2D eigenvalue weighted by molar-refractivity contribution is 7.88. The lowest BCUT2D eigenvalue weighted by atomic mass is 10.1. The van der Waals surface area contributed by atoms with Crippen LogP contribution in [0.5, 0.6) is 0 Å². The number of hydrogen-bond acceptors (Lipinski definition) is 5. The van der Waals surface area contributed by atoms with Crippen LogP contribution < -0.4 is 0 Å². The number of aryl methyl sites for hydroxylation is 2. The number of sulfonamides is 1. The van der Waals surface area contributed by atoms with E-state index in [1.807, 2.05) is 0 Å². The van der Waals surface area contributed by atoms with E-state index in [0.29, 0.717) is 13.2 Å². The van der Waals surface area contributed by atoms with E-state index < -0.39 is 22.5 Å². The molecule has 1 heterocycles. The first-order chi connectivity index (χ1) is 12.3. The van der Waals surface area contributed by atoms with Gasteiger partial charge in [0.25, 0.3) is 0 Å². The molecule has 1 N–H and O–H groups in total. The van der Waals surface area contributed by atoms with Crippen molar-refractivity contribution in [2.45, 2.75) is 31.9 Å². The molecule has 0 aromatic heterocycles. The summed E-state index contributed by atoms with van der Waals surface area (Å²) < 4.78 is 30.3. The Labute approximate surface area is 154 Å². The number of morpholine rings is 1. The highest BCUT2D eigenvalue weighted by Gasteiger charge is 2.28. The number of fused-ring (bicyclic) bond motifs is 1. The fraction of sp³-hybridized carbons (Fsp3) is 0.611. The molecule has 1 aliphatic heterocycles. The summed E-state index contributed by atoms with van der Waals surface area (Å²) in [6.07, 6.45) is 4.24. The molecule has 0 saturated carbocycles. The van der Waals surface area contributed by atoms with Gasteiger partial charge in [-0.25, -0.2) is 8.42 Å². The Morgan fingerprint density at radius 3 is 2.85 bits per heavy atom. The van der Waals surface area contributed by atoms with Gasteiger partial charge in [-0.15, -0.1) is 0 Å². The van der Waals surface area contributed by atoms with Gasteiger partial charge in [0.15, 0.2) is 0 Å². The highest BCUT2D eigenvalue weighted by Crippen LogP contribution is 2.23. The largest absolute Gasteiger partial charge is 0.480 e. The molecule has 1 aliphatic carbocycles. The number of aliphatic carboxylic acids is 1. The maximum atomic E-state index is 11.8. The van der Waals surface area contributed by atoms with Gasteiger partial charge >= 0.3 is 5.97 Å². The standard InChI is InChI=1S/C18H26N2O5S/c1-26(23,24)20(13-18(21)22)12-17-11-19(7-8-25-17)10-14-5-6-15-3-2-4-16(15)9-14/h5-6,9,17H,2-4,7-8,10-13H2,1H3,(H,21,22). The van der Waals surface area contributed by atoms with Crippen LogP contribution in [0.2, 0.25) is 0 Å². The van der Waals surface area contributed by atoms with Crippen molar-refractivity contribution in [1.82, 2.24) is 9.21 Å². The van der Waals surface area contributed by atoms with Gasteiger partial charge in [0.05, 0.1) is 19.0 Å². The summed E-state index contributed by atoms with van der Waals surface area (Å²) in [6, 6.07) is 6.66. The lowest BCUT2D eigenvalue weighted by Crippen LogP contribution is -2.49. The number of rotatable bonds is 7. The Kier molecular flexibility index (Phi) is 5.96. The summed E-state index contributed by atoms with van der Waals surface area (Å²) in [4.78, 5) is 13.2. The van der Waals surface area contributed by atoms with Crippen LogP contribution in [-0.2, 0) is 38.9 Å². The van der Waals surface area contributed by atoms with E-state index >= 15 is 0 Å². The van der Waals surface area contributed by atoms with Gasteiger partial charge in [0.2, 0.25) is 10.0 Å². The molecule has 1 aromatic carbocycles. The topological polar surface area (TPSA) is 87.2 Å². The van der Waals surface area contributed by atoms with Crippen LogP contribution in [0, 0.1) is 0 Å². The molecule has 0 radical (unpaired) electrons. The van der Waals surface area contributed by atoms with Gasteiger partial charge in [-0.05, 0) is 36.0 Å². The van der Waals surface area contributed by atoms with E-state index in [0.717, 1.165) is 30.1 Å². The molecule has 2 aliphatic rings. The Morgan fingerprint density at radius 2 is 2.12 bits per heavy atom. The van der Waals surface area contributed by atoms with Crippen LogP contribution in [0.3, 0.4) is 0 Å².